The molecule has 0 aliphatic heterocycles. The summed E-state index contributed by atoms with van der Waals surface area (Å²) in [5, 5.41) is 20.8. The molecule has 0 aliphatic carbocycles. The van der Waals surface area contributed by atoms with Gasteiger partial charge >= 0.3 is 5.82 Å². The molecular formula is C6H6N2O3. The molecule has 0 atom stereocenters. The van der Waals surface area contributed by atoms with E-state index in [9.17, 15) is 15.3 Å². The quantitative estimate of drug-likeness (QED) is 0.256. The first kappa shape index (κ1) is 7.46. The van der Waals surface area contributed by atoms with E-state index in [0.29, 0.717) is 5.56 Å². The van der Waals surface area contributed by atoms with Crippen LogP contribution in [0, 0.1) is 22.2 Å². The van der Waals surface area contributed by atoms with Crippen LogP contribution in [0.1, 0.15) is 5.56 Å². The summed E-state index contributed by atoms with van der Waals surface area (Å²) in [6.07, 6.45) is 1.12. The van der Waals surface area contributed by atoms with Crippen LogP contribution in [-0.4, -0.2) is 4.92 Å². The van der Waals surface area contributed by atoms with Crippen LogP contribution in [-0.2, 0) is 0 Å². The van der Waals surface area contributed by atoms with Gasteiger partial charge in [0.1, 0.15) is 4.92 Å². The minimum atomic E-state index is -0.708. The Labute approximate surface area is 62.6 Å². The zero-order valence-corrected chi connectivity index (χ0v) is 5.85. The molecule has 0 saturated carbocycles. The van der Waals surface area contributed by atoms with Crippen molar-refractivity contribution in [1.82, 2.24) is 0 Å². The van der Waals surface area contributed by atoms with Crippen molar-refractivity contribution in [2.45, 2.75) is 6.92 Å². The summed E-state index contributed by atoms with van der Waals surface area (Å²) in [6.45, 7) is 1.69. The van der Waals surface area contributed by atoms with E-state index in [1.165, 1.54) is 12.1 Å². The van der Waals surface area contributed by atoms with E-state index in [-0.39, 0.29) is 4.73 Å². The van der Waals surface area contributed by atoms with Gasteiger partial charge in [-0.2, -0.15) is 0 Å². The van der Waals surface area contributed by atoms with Crippen molar-refractivity contribution in [1.29, 1.82) is 0 Å². The molecule has 0 spiro atoms. The Balaban J connectivity index is 3.23. The van der Waals surface area contributed by atoms with Crippen LogP contribution in [0.25, 0.3) is 0 Å². The van der Waals surface area contributed by atoms with E-state index in [1.54, 1.807) is 6.92 Å². The first-order chi connectivity index (χ1) is 5.11. The van der Waals surface area contributed by atoms with Gasteiger partial charge in [0.05, 0.1) is 6.07 Å². The largest absolute Gasteiger partial charge is 0.614 e. The van der Waals surface area contributed by atoms with Crippen LogP contribution < -0.4 is 4.73 Å². The van der Waals surface area contributed by atoms with Crippen molar-refractivity contribution in [2.24, 2.45) is 0 Å². The Kier molecular flexibility index (Phi) is 1.72. The van der Waals surface area contributed by atoms with Gasteiger partial charge in [-0.15, -0.1) is 4.73 Å². The smallest absolute Gasteiger partial charge is 0.512 e. The standard InChI is InChI=1S/C6H6N2O3/c1-5-2-3-7(9)6(4-5)8(10)11/h2-4H,1H3. The Morgan fingerprint density at radius 1 is 1.64 bits per heavy atom. The predicted octanol–water partition coefficient (Wildman–Crippen LogP) is 0.537. The number of nitrogens with zero attached hydrogens (tertiary/aromatic N) is 2. The predicted molar refractivity (Wildman–Crippen MR) is 36.8 cm³/mol. The first-order valence-corrected chi connectivity index (χ1v) is 2.95. The topological polar surface area (TPSA) is 70.1 Å². The second-order valence-electron chi connectivity index (χ2n) is 2.15. The number of hydrogen-bond donors (Lipinski definition) is 0. The lowest BCUT2D eigenvalue weighted by atomic mass is 10.3. The highest BCUT2D eigenvalue weighted by Crippen LogP contribution is 2.04. The maximum absolute atomic E-state index is 10.7. The molecule has 1 aromatic heterocycles. The number of aryl methyl sites for hydroxylation is 1. The Morgan fingerprint density at radius 3 is 2.73 bits per heavy atom. The third-order valence-corrected chi connectivity index (χ3v) is 1.24. The van der Waals surface area contributed by atoms with Crippen LogP contribution in [0.2, 0.25) is 0 Å². The zero-order chi connectivity index (χ0) is 8.43. The molecule has 5 nitrogen and oxygen atoms in total. The van der Waals surface area contributed by atoms with Gasteiger partial charge in [0.2, 0.25) is 0 Å². The van der Waals surface area contributed by atoms with Crippen LogP contribution in [0.15, 0.2) is 18.3 Å². The van der Waals surface area contributed by atoms with E-state index < -0.39 is 10.7 Å². The molecule has 0 bridgehead atoms. The summed E-state index contributed by atoms with van der Waals surface area (Å²) in [5.74, 6) is -0.440. The molecule has 0 fully saturated rings. The molecule has 0 saturated heterocycles. The summed E-state index contributed by atoms with van der Waals surface area (Å²) in [5.41, 5.74) is 0.698. The van der Waals surface area contributed by atoms with E-state index in [2.05, 4.69) is 0 Å². The fourth-order valence-corrected chi connectivity index (χ4v) is 0.710. The summed E-state index contributed by atoms with van der Waals surface area (Å²) in [4.78, 5) is 9.45. The number of nitro groups is 1. The third-order valence-electron chi connectivity index (χ3n) is 1.24. The van der Waals surface area contributed by atoms with Gasteiger partial charge in [-0.25, -0.2) is 0 Å². The van der Waals surface area contributed by atoms with Gasteiger partial charge < -0.3 is 5.21 Å². The molecule has 0 unspecified atom stereocenters. The minimum Gasteiger partial charge on any atom is -0.614 e. The van der Waals surface area contributed by atoms with Gasteiger partial charge in [-0.05, 0) is 12.5 Å². The van der Waals surface area contributed by atoms with Crippen LogP contribution in [0.4, 0.5) is 5.82 Å². The third kappa shape index (κ3) is 1.43. The Bertz CT molecular complexity index is 298. The maximum Gasteiger partial charge on any atom is 0.512 e. The normalized spacial score (nSPS) is 9.55. The van der Waals surface area contributed by atoms with Gasteiger partial charge in [-0.1, -0.05) is 0 Å². The van der Waals surface area contributed by atoms with Crippen molar-refractivity contribution < 1.29 is 9.65 Å². The molecule has 1 rings (SSSR count). The Hall–Kier alpha value is -1.65. The molecule has 1 aromatic rings. The molecular weight excluding hydrogens is 148 g/mol. The summed E-state index contributed by atoms with van der Waals surface area (Å²) in [6, 6.07) is 2.74. The average Bonchev–Trinajstić information content (AvgIpc) is 1.94. The van der Waals surface area contributed by atoms with Gasteiger partial charge in [0.15, 0.2) is 6.20 Å². The van der Waals surface area contributed by atoms with Crippen molar-refractivity contribution in [2.75, 3.05) is 0 Å². The number of aromatic nitrogens is 1. The van der Waals surface area contributed by atoms with E-state index >= 15 is 0 Å². The van der Waals surface area contributed by atoms with Crippen LogP contribution in [0.5, 0.6) is 0 Å². The van der Waals surface area contributed by atoms with Gasteiger partial charge in [-0.3, -0.25) is 10.1 Å². The lowest BCUT2D eigenvalue weighted by Gasteiger charge is -1.95. The number of pyridine rings is 1. The molecule has 11 heavy (non-hydrogen) atoms. The van der Waals surface area contributed by atoms with Crippen LogP contribution >= 0.6 is 0 Å². The van der Waals surface area contributed by atoms with Crippen LogP contribution in [0.3, 0.4) is 0 Å². The molecule has 1 heterocycles. The lowest BCUT2D eigenvalue weighted by Crippen LogP contribution is -2.29. The van der Waals surface area contributed by atoms with Crippen molar-refractivity contribution in [3.05, 3.63) is 39.2 Å². The molecule has 0 amide bonds. The summed E-state index contributed by atoms with van der Waals surface area (Å²) >= 11 is 0. The fraction of sp³-hybridized carbons (Fsp3) is 0.167. The average molecular weight is 154 g/mol. The van der Waals surface area contributed by atoms with E-state index in [1.807, 2.05) is 0 Å². The summed E-state index contributed by atoms with van der Waals surface area (Å²) < 4.78 is 0.229. The van der Waals surface area contributed by atoms with Gasteiger partial charge in [0.25, 0.3) is 0 Å². The highest BCUT2D eigenvalue weighted by molar-refractivity contribution is 5.18. The zero-order valence-electron chi connectivity index (χ0n) is 5.85. The minimum absolute atomic E-state index is 0.229. The van der Waals surface area contributed by atoms with E-state index in [0.717, 1.165) is 6.20 Å². The maximum atomic E-state index is 10.7. The molecule has 0 aromatic carbocycles. The van der Waals surface area contributed by atoms with E-state index in [4.69, 9.17) is 0 Å². The fourth-order valence-electron chi connectivity index (χ4n) is 0.710. The monoisotopic (exact) mass is 154 g/mol. The number of hydrogen-bond acceptors (Lipinski definition) is 3. The highest BCUT2D eigenvalue weighted by atomic mass is 16.6. The lowest BCUT2D eigenvalue weighted by molar-refractivity contribution is -0.664. The molecule has 0 radical (unpaired) electrons. The first-order valence-electron chi connectivity index (χ1n) is 2.95. The molecule has 0 aliphatic rings. The SMILES string of the molecule is Cc1cc[n+]([O-])c([N+](=O)[O-])c1. The highest BCUT2D eigenvalue weighted by Gasteiger charge is 2.16. The van der Waals surface area contributed by atoms with Crippen molar-refractivity contribution in [3.63, 3.8) is 0 Å². The van der Waals surface area contributed by atoms with Gasteiger partial charge in [0, 0.05) is 6.07 Å². The number of rotatable bonds is 1. The molecule has 5 heteroatoms. The molecule has 58 valence electrons. The van der Waals surface area contributed by atoms with Crippen molar-refractivity contribution in [3.8, 4) is 0 Å². The second kappa shape index (κ2) is 2.53. The second-order valence-corrected chi connectivity index (χ2v) is 2.15. The van der Waals surface area contributed by atoms with Crippen molar-refractivity contribution >= 4 is 5.82 Å². The Morgan fingerprint density at radius 2 is 2.27 bits per heavy atom. The molecule has 0 N–H and O–H groups in total. The summed E-state index contributed by atoms with van der Waals surface area (Å²) in [7, 11) is 0.